The van der Waals surface area contributed by atoms with E-state index in [4.69, 9.17) is 4.74 Å². The minimum atomic E-state index is -0.344. The van der Waals surface area contributed by atoms with Crippen LogP contribution < -0.4 is 4.74 Å². The molecule has 0 saturated carbocycles. The van der Waals surface area contributed by atoms with Crippen LogP contribution >= 0.6 is 0 Å². The molecule has 2 aromatic carbocycles. The normalized spacial score (nSPS) is 11.3. The number of ether oxygens (including phenoxy) is 1. The molecule has 0 atom stereocenters. The maximum atomic E-state index is 13.9. The van der Waals surface area contributed by atoms with Gasteiger partial charge >= 0.3 is 0 Å². The quantitative estimate of drug-likeness (QED) is 0.735. The summed E-state index contributed by atoms with van der Waals surface area (Å²) in [5, 5.41) is 0. The minimum Gasteiger partial charge on any atom is -0.490 e. The second-order valence-corrected chi connectivity index (χ2v) is 5.78. The molecule has 0 spiro atoms. The van der Waals surface area contributed by atoms with Crippen molar-refractivity contribution >= 4 is 11.0 Å². The average Bonchev–Trinajstić information content (AvgIpc) is 2.92. The summed E-state index contributed by atoms with van der Waals surface area (Å²) in [7, 11) is 0. The molecule has 3 aromatic rings. The number of imidazole rings is 1. The van der Waals surface area contributed by atoms with E-state index in [2.05, 4.69) is 23.8 Å². The highest BCUT2D eigenvalue weighted by atomic mass is 19.1. The number of hydrogen-bond acceptors (Lipinski definition) is 2. The molecular weight excluding hydrogens is 279 g/mol. The van der Waals surface area contributed by atoms with Crippen LogP contribution in [0.15, 0.2) is 42.5 Å². The van der Waals surface area contributed by atoms with Gasteiger partial charge in [-0.05, 0) is 42.7 Å². The van der Waals surface area contributed by atoms with Gasteiger partial charge in [0.2, 0.25) is 0 Å². The van der Waals surface area contributed by atoms with Crippen LogP contribution in [0.3, 0.4) is 0 Å². The van der Waals surface area contributed by atoms with E-state index in [-0.39, 0.29) is 11.6 Å². The molecule has 1 N–H and O–H groups in total. The third kappa shape index (κ3) is 3.11. The average molecular weight is 298 g/mol. The summed E-state index contributed by atoms with van der Waals surface area (Å²) in [6.07, 6.45) is 0.897. The van der Waals surface area contributed by atoms with Crippen LogP contribution in [0.25, 0.3) is 22.4 Å². The molecule has 0 unspecified atom stereocenters. The van der Waals surface area contributed by atoms with Gasteiger partial charge in [0, 0.05) is 5.56 Å². The lowest BCUT2D eigenvalue weighted by Gasteiger charge is -2.09. The summed E-state index contributed by atoms with van der Waals surface area (Å²) in [5.74, 6) is 1.18. The van der Waals surface area contributed by atoms with Gasteiger partial charge in [0.25, 0.3) is 0 Å². The molecule has 22 heavy (non-hydrogen) atoms. The molecule has 0 amide bonds. The SMILES string of the molecule is CC(C)CCOc1cc(-c2nc3ccccc3[nH]2)ccc1F. The Labute approximate surface area is 129 Å². The molecule has 0 fully saturated rings. The Morgan fingerprint density at radius 1 is 1.18 bits per heavy atom. The van der Waals surface area contributed by atoms with E-state index in [0.29, 0.717) is 12.5 Å². The van der Waals surface area contributed by atoms with Crippen molar-refractivity contribution in [1.82, 2.24) is 9.97 Å². The molecule has 3 nitrogen and oxygen atoms in total. The third-order valence-electron chi connectivity index (χ3n) is 3.55. The first-order valence-electron chi connectivity index (χ1n) is 7.51. The van der Waals surface area contributed by atoms with Crippen molar-refractivity contribution in [3.8, 4) is 17.1 Å². The standard InChI is InChI=1S/C18H19FN2O/c1-12(2)9-10-22-17-11-13(7-8-14(17)19)18-20-15-5-3-4-6-16(15)21-18/h3-8,11-12H,9-10H2,1-2H3,(H,20,21). The van der Waals surface area contributed by atoms with Crippen LogP contribution in [0.4, 0.5) is 4.39 Å². The topological polar surface area (TPSA) is 37.9 Å². The second kappa shape index (κ2) is 6.18. The van der Waals surface area contributed by atoms with Gasteiger partial charge in [-0.25, -0.2) is 9.37 Å². The molecule has 1 aromatic heterocycles. The fraction of sp³-hybridized carbons (Fsp3) is 0.278. The van der Waals surface area contributed by atoms with Crippen LogP contribution in [0, 0.1) is 11.7 Å². The Balaban J connectivity index is 1.87. The maximum absolute atomic E-state index is 13.9. The Morgan fingerprint density at radius 3 is 2.77 bits per heavy atom. The lowest BCUT2D eigenvalue weighted by atomic mass is 10.1. The number of benzene rings is 2. The highest BCUT2D eigenvalue weighted by Crippen LogP contribution is 2.26. The number of para-hydroxylation sites is 2. The van der Waals surface area contributed by atoms with Crippen molar-refractivity contribution in [3.05, 3.63) is 48.3 Å². The number of nitrogens with zero attached hydrogens (tertiary/aromatic N) is 1. The molecule has 4 heteroatoms. The fourth-order valence-corrected chi connectivity index (χ4v) is 2.26. The van der Waals surface area contributed by atoms with Gasteiger partial charge in [0.05, 0.1) is 17.6 Å². The summed E-state index contributed by atoms with van der Waals surface area (Å²) in [6, 6.07) is 12.6. The Hall–Kier alpha value is -2.36. The highest BCUT2D eigenvalue weighted by molar-refractivity contribution is 5.79. The molecule has 1 heterocycles. The number of H-pyrrole nitrogens is 1. The van der Waals surface area contributed by atoms with Crippen LogP contribution in [-0.4, -0.2) is 16.6 Å². The lowest BCUT2D eigenvalue weighted by Crippen LogP contribution is -2.03. The van der Waals surface area contributed by atoms with Crippen LogP contribution in [0.1, 0.15) is 20.3 Å². The molecular formula is C18H19FN2O. The molecule has 0 aliphatic heterocycles. The molecule has 0 aliphatic rings. The number of halogens is 1. The van der Waals surface area contributed by atoms with Crippen molar-refractivity contribution in [2.75, 3.05) is 6.61 Å². The van der Waals surface area contributed by atoms with Crippen molar-refractivity contribution in [3.63, 3.8) is 0 Å². The molecule has 0 bridgehead atoms. The largest absolute Gasteiger partial charge is 0.490 e. The van der Waals surface area contributed by atoms with Crippen molar-refractivity contribution in [1.29, 1.82) is 0 Å². The molecule has 0 radical (unpaired) electrons. The predicted molar refractivity (Wildman–Crippen MR) is 86.4 cm³/mol. The number of hydrogen-bond donors (Lipinski definition) is 1. The van der Waals surface area contributed by atoms with E-state index in [0.717, 1.165) is 28.8 Å². The zero-order valence-electron chi connectivity index (χ0n) is 12.8. The zero-order valence-corrected chi connectivity index (χ0v) is 12.8. The van der Waals surface area contributed by atoms with Crippen molar-refractivity contribution in [2.45, 2.75) is 20.3 Å². The number of rotatable bonds is 5. The fourth-order valence-electron chi connectivity index (χ4n) is 2.26. The van der Waals surface area contributed by atoms with Crippen molar-refractivity contribution < 1.29 is 9.13 Å². The van der Waals surface area contributed by atoms with E-state index in [9.17, 15) is 4.39 Å². The van der Waals surface area contributed by atoms with Gasteiger partial charge in [0.15, 0.2) is 11.6 Å². The number of aromatic nitrogens is 2. The summed E-state index contributed by atoms with van der Waals surface area (Å²) in [5.41, 5.74) is 2.67. The van der Waals surface area contributed by atoms with E-state index < -0.39 is 0 Å². The van der Waals surface area contributed by atoms with Crippen LogP contribution in [0.2, 0.25) is 0 Å². The molecule has 114 valence electrons. The van der Waals surface area contributed by atoms with E-state index in [1.165, 1.54) is 6.07 Å². The lowest BCUT2D eigenvalue weighted by molar-refractivity contribution is 0.277. The van der Waals surface area contributed by atoms with Gasteiger partial charge in [-0.3, -0.25) is 0 Å². The summed E-state index contributed by atoms with van der Waals surface area (Å²) < 4.78 is 19.4. The summed E-state index contributed by atoms with van der Waals surface area (Å²) >= 11 is 0. The van der Waals surface area contributed by atoms with E-state index >= 15 is 0 Å². The van der Waals surface area contributed by atoms with Gasteiger partial charge < -0.3 is 9.72 Å². The Kier molecular flexibility index (Phi) is 4.09. The van der Waals surface area contributed by atoms with Gasteiger partial charge in [0.1, 0.15) is 5.82 Å². The number of aromatic amines is 1. The second-order valence-electron chi connectivity index (χ2n) is 5.78. The minimum absolute atomic E-state index is 0.276. The number of nitrogens with one attached hydrogen (secondary N) is 1. The van der Waals surface area contributed by atoms with Crippen LogP contribution in [0.5, 0.6) is 5.75 Å². The highest BCUT2D eigenvalue weighted by Gasteiger charge is 2.10. The van der Waals surface area contributed by atoms with Gasteiger partial charge in [-0.1, -0.05) is 26.0 Å². The molecule has 0 aliphatic carbocycles. The molecule has 0 saturated heterocycles. The first-order valence-corrected chi connectivity index (χ1v) is 7.51. The Morgan fingerprint density at radius 2 is 2.00 bits per heavy atom. The first-order chi connectivity index (χ1) is 10.6. The summed E-state index contributed by atoms with van der Waals surface area (Å²) in [4.78, 5) is 7.77. The Bertz CT molecular complexity index is 747. The summed E-state index contributed by atoms with van der Waals surface area (Å²) in [6.45, 7) is 4.74. The van der Waals surface area contributed by atoms with Gasteiger partial charge in [-0.15, -0.1) is 0 Å². The maximum Gasteiger partial charge on any atom is 0.165 e. The smallest absolute Gasteiger partial charge is 0.165 e. The van der Waals surface area contributed by atoms with E-state index in [1.807, 2.05) is 24.3 Å². The number of fused-ring (bicyclic) bond motifs is 1. The third-order valence-corrected chi connectivity index (χ3v) is 3.55. The van der Waals surface area contributed by atoms with Crippen LogP contribution in [-0.2, 0) is 0 Å². The molecule has 3 rings (SSSR count). The zero-order chi connectivity index (χ0) is 15.5. The van der Waals surface area contributed by atoms with Gasteiger partial charge in [-0.2, -0.15) is 0 Å². The first kappa shape index (κ1) is 14.6. The predicted octanol–water partition coefficient (Wildman–Crippen LogP) is 4.79. The monoisotopic (exact) mass is 298 g/mol. The van der Waals surface area contributed by atoms with E-state index in [1.54, 1.807) is 12.1 Å². The van der Waals surface area contributed by atoms with Crippen molar-refractivity contribution in [2.24, 2.45) is 5.92 Å².